The molecule has 0 bridgehead atoms. The standard InChI is InChI=1S/C65H59N3O/c1-63(2,3)51-38-47(37-48(39-51)57-40-46(35-36-66-57)43-31-33-50(34-32-43)65(7,8)49-25-16-11-17-26-49)54-28-20-30-59-60(54)67-62(68(59)58-29-19-18-27-53(58)44-21-12-9-13-22-44)56-42-52(64(4,5)6)41-55(61(56)69)45-23-14-10-15-24-45/h9-42,69H,1-8H3. The normalized spacial score (nSPS) is 12.1. The van der Waals surface area contributed by atoms with Gasteiger partial charge < -0.3 is 5.11 Å². The van der Waals surface area contributed by atoms with Gasteiger partial charge in [0, 0.05) is 33.9 Å². The van der Waals surface area contributed by atoms with Crippen LogP contribution in [0.25, 0.3) is 83.9 Å². The zero-order valence-corrected chi connectivity index (χ0v) is 40.9. The molecule has 8 aromatic carbocycles. The van der Waals surface area contributed by atoms with Gasteiger partial charge in [0.15, 0.2) is 0 Å². The van der Waals surface area contributed by atoms with Gasteiger partial charge in [0.05, 0.1) is 28.0 Å². The Morgan fingerprint density at radius 3 is 1.61 bits per heavy atom. The minimum Gasteiger partial charge on any atom is -0.507 e. The molecule has 4 heteroatoms. The third-order valence-electron chi connectivity index (χ3n) is 13.8. The van der Waals surface area contributed by atoms with Crippen molar-refractivity contribution in [3.05, 3.63) is 229 Å². The highest BCUT2D eigenvalue weighted by molar-refractivity contribution is 5.98. The van der Waals surface area contributed by atoms with Gasteiger partial charge >= 0.3 is 0 Å². The van der Waals surface area contributed by atoms with Crippen molar-refractivity contribution in [1.29, 1.82) is 0 Å². The van der Waals surface area contributed by atoms with Crippen LogP contribution in [0.1, 0.15) is 77.6 Å². The molecule has 4 nitrogen and oxygen atoms in total. The topological polar surface area (TPSA) is 50.9 Å². The fourth-order valence-electron chi connectivity index (χ4n) is 9.60. The number of fused-ring (bicyclic) bond motifs is 1. The number of para-hydroxylation sites is 2. The van der Waals surface area contributed by atoms with Gasteiger partial charge in [0.2, 0.25) is 0 Å². The molecule has 2 aromatic heterocycles. The Morgan fingerprint density at radius 2 is 0.942 bits per heavy atom. The first kappa shape index (κ1) is 45.0. The summed E-state index contributed by atoms with van der Waals surface area (Å²) in [6, 6.07) is 70.8. The Bertz CT molecular complexity index is 3460. The van der Waals surface area contributed by atoms with Crippen molar-refractivity contribution in [3.8, 4) is 78.6 Å². The fourth-order valence-corrected chi connectivity index (χ4v) is 9.60. The zero-order valence-electron chi connectivity index (χ0n) is 40.9. The summed E-state index contributed by atoms with van der Waals surface area (Å²) in [5.74, 6) is 0.864. The summed E-state index contributed by atoms with van der Waals surface area (Å²) < 4.78 is 2.25. The Balaban J connectivity index is 1.17. The van der Waals surface area contributed by atoms with Gasteiger partial charge in [0.25, 0.3) is 0 Å². The Labute approximate surface area is 407 Å². The average molecular weight is 898 g/mol. The number of pyridine rings is 1. The Kier molecular flexibility index (Phi) is 11.5. The number of imidazole rings is 1. The van der Waals surface area contributed by atoms with Crippen molar-refractivity contribution in [2.75, 3.05) is 0 Å². The molecule has 0 aliphatic rings. The van der Waals surface area contributed by atoms with E-state index in [1.165, 1.54) is 16.7 Å². The van der Waals surface area contributed by atoms with Crippen LogP contribution in [0.15, 0.2) is 206 Å². The van der Waals surface area contributed by atoms with Crippen LogP contribution in [0.3, 0.4) is 0 Å². The second kappa shape index (κ2) is 17.7. The first-order chi connectivity index (χ1) is 33.1. The fraction of sp³-hybridized carbons (Fsp3) is 0.169. The van der Waals surface area contributed by atoms with Gasteiger partial charge in [-0.3, -0.25) is 9.55 Å². The summed E-state index contributed by atoms with van der Waals surface area (Å²) in [6.45, 7) is 18.0. The van der Waals surface area contributed by atoms with Crippen LogP contribution in [0, 0.1) is 0 Å². The van der Waals surface area contributed by atoms with E-state index >= 15 is 0 Å². The molecule has 0 fully saturated rings. The van der Waals surface area contributed by atoms with Crippen molar-refractivity contribution in [2.24, 2.45) is 0 Å². The van der Waals surface area contributed by atoms with E-state index in [4.69, 9.17) is 9.97 Å². The van der Waals surface area contributed by atoms with E-state index < -0.39 is 0 Å². The van der Waals surface area contributed by atoms with E-state index in [1.54, 1.807) is 0 Å². The molecule has 1 N–H and O–H groups in total. The lowest BCUT2D eigenvalue weighted by molar-refractivity contribution is 0.477. The maximum absolute atomic E-state index is 12.6. The Morgan fingerprint density at radius 1 is 0.391 bits per heavy atom. The van der Waals surface area contributed by atoms with Gasteiger partial charge in [0.1, 0.15) is 11.6 Å². The number of aromatic hydroxyl groups is 1. The number of rotatable bonds is 9. The molecule has 10 rings (SSSR count). The molecular weight excluding hydrogens is 839 g/mol. The number of hydrogen-bond acceptors (Lipinski definition) is 3. The molecule has 10 aromatic rings. The van der Waals surface area contributed by atoms with Crippen LogP contribution in [-0.4, -0.2) is 19.6 Å². The molecule has 0 atom stereocenters. The van der Waals surface area contributed by atoms with Crippen LogP contribution in [-0.2, 0) is 16.2 Å². The van der Waals surface area contributed by atoms with E-state index in [1.807, 2.05) is 30.5 Å². The lowest BCUT2D eigenvalue weighted by Crippen LogP contribution is -2.18. The largest absolute Gasteiger partial charge is 0.507 e. The molecule has 0 radical (unpaired) electrons. The number of benzene rings is 8. The minimum absolute atomic E-state index is 0.125. The average Bonchev–Trinajstić information content (AvgIpc) is 3.76. The summed E-state index contributed by atoms with van der Waals surface area (Å²) in [5.41, 5.74) is 17.9. The summed E-state index contributed by atoms with van der Waals surface area (Å²) in [4.78, 5) is 10.7. The maximum Gasteiger partial charge on any atom is 0.149 e. The number of aromatic nitrogens is 3. The first-order valence-corrected chi connectivity index (χ1v) is 24.0. The molecule has 0 unspecified atom stereocenters. The third-order valence-corrected chi connectivity index (χ3v) is 13.8. The highest BCUT2D eigenvalue weighted by Crippen LogP contribution is 2.46. The Hall–Kier alpha value is -7.82. The molecule has 0 saturated heterocycles. The van der Waals surface area contributed by atoms with Crippen molar-refractivity contribution in [3.63, 3.8) is 0 Å². The SMILES string of the molecule is CC(C)(C)c1cc(-c2cc(-c3ccc(C(C)(C)c4ccccc4)cc3)ccn2)cc(-c2cccc3c2nc(-c2cc(C(C)(C)C)cc(-c4ccccc4)c2O)n3-c2ccccc2-c2ccccc2)c1. The number of phenols is 1. The molecule has 0 saturated carbocycles. The summed E-state index contributed by atoms with van der Waals surface area (Å²) in [6.07, 6.45) is 1.93. The van der Waals surface area contributed by atoms with E-state index in [0.29, 0.717) is 11.4 Å². The van der Waals surface area contributed by atoms with Gasteiger partial charge in [-0.05, 0) is 109 Å². The molecule has 2 heterocycles. The molecule has 0 spiro atoms. The molecular formula is C65H59N3O. The highest BCUT2D eigenvalue weighted by Gasteiger charge is 2.28. The zero-order chi connectivity index (χ0) is 48.1. The van der Waals surface area contributed by atoms with Crippen molar-refractivity contribution < 1.29 is 5.11 Å². The van der Waals surface area contributed by atoms with Crippen LogP contribution in [0.5, 0.6) is 5.75 Å². The summed E-state index contributed by atoms with van der Waals surface area (Å²) in [5, 5.41) is 12.6. The van der Waals surface area contributed by atoms with Crippen LogP contribution in [0.2, 0.25) is 0 Å². The van der Waals surface area contributed by atoms with Crippen molar-refractivity contribution in [2.45, 2.75) is 71.6 Å². The smallest absolute Gasteiger partial charge is 0.149 e. The van der Waals surface area contributed by atoms with E-state index in [9.17, 15) is 5.11 Å². The summed E-state index contributed by atoms with van der Waals surface area (Å²) in [7, 11) is 0. The predicted molar refractivity (Wildman–Crippen MR) is 289 cm³/mol. The van der Waals surface area contributed by atoms with Gasteiger partial charge in [-0.2, -0.15) is 0 Å². The molecule has 0 amide bonds. The van der Waals surface area contributed by atoms with Crippen molar-refractivity contribution in [1.82, 2.24) is 14.5 Å². The molecule has 0 aliphatic carbocycles. The van der Waals surface area contributed by atoms with E-state index in [2.05, 4.69) is 236 Å². The maximum atomic E-state index is 12.6. The number of phenolic OH excluding ortho intramolecular Hbond substituents is 1. The van der Waals surface area contributed by atoms with Gasteiger partial charge in [-0.25, -0.2) is 4.98 Å². The van der Waals surface area contributed by atoms with Crippen LogP contribution >= 0.6 is 0 Å². The highest BCUT2D eigenvalue weighted by atomic mass is 16.3. The summed E-state index contributed by atoms with van der Waals surface area (Å²) >= 11 is 0. The van der Waals surface area contributed by atoms with E-state index in [-0.39, 0.29) is 22.0 Å². The van der Waals surface area contributed by atoms with Gasteiger partial charge in [-0.15, -0.1) is 0 Å². The second-order valence-corrected chi connectivity index (χ2v) is 20.9. The third kappa shape index (κ3) is 8.68. The first-order valence-electron chi connectivity index (χ1n) is 24.0. The minimum atomic E-state index is -0.214. The predicted octanol–water partition coefficient (Wildman–Crippen LogP) is 17.0. The molecule has 0 aliphatic heterocycles. The van der Waals surface area contributed by atoms with Crippen molar-refractivity contribution >= 4 is 11.0 Å². The van der Waals surface area contributed by atoms with Crippen LogP contribution in [0.4, 0.5) is 0 Å². The number of nitrogens with zero attached hydrogens (tertiary/aromatic N) is 3. The van der Waals surface area contributed by atoms with Crippen LogP contribution < -0.4 is 0 Å². The monoisotopic (exact) mass is 897 g/mol. The number of hydrogen-bond donors (Lipinski definition) is 1. The molecule has 340 valence electrons. The van der Waals surface area contributed by atoms with Gasteiger partial charge in [-0.1, -0.05) is 207 Å². The molecule has 69 heavy (non-hydrogen) atoms. The second-order valence-electron chi connectivity index (χ2n) is 20.9. The quantitative estimate of drug-likeness (QED) is 0.157. The lowest BCUT2D eigenvalue weighted by Gasteiger charge is -2.26. The lowest BCUT2D eigenvalue weighted by atomic mass is 9.78. The van der Waals surface area contributed by atoms with E-state index in [0.717, 1.165) is 78.0 Å².